The van der Waals surface area contributed by atoms with Crippen molar-refractivity contribution in [3.05, 3.63) is 23.8 Å². The number of amides is 1. The molecule has 7 nitrogen and oxygen atoms in total. The highest BCUT2D eigenvalue weighted by Crippen LogP contribution is 2.22. The summed E-state index contributed by atoms with van der Waals surface area (Å²) in [5, 5.41) is 37.7. The van der Waals surface area contributed by atoms with Gasteiger partial charge in [-0.25, -0.2) is 4.79 Å². The van der Waals surface area contributed by atoms with Gasteiger partial charge < -0.3 is 25.7 Å². The molecule has 0 aliphatic heterocycles. The highest BCUT2D eigenvalue weighted by Gasteiger charge is 2.21. The van der Waals surface area contributed by atoms with Gasteiger partial charge in [-0.2, -0.15) is 0 Å². The maximum atomic E-state index is 11.5. The molecule has 1 aromatic carbocycles. The summed E-state index contributed by atoms with van der Waals surface area (Å²) in [6.45, 7) is -0.764. The van der Waals surface area contributed by atoms with E-state index in [9.17, 15) is 14.7 Å². The molecule has 1 aromatic rings. The van der Waals surface area contributed by atoms with Gasteiger partial charge in [0.05, 0.1) is 12.2 Å². The van der Waals surface area contributed by atoms with Gasteiger partial charge in [0, 0.05) is 6.07 Å². The monoisotopic (exact) mass is 241 g/mol. The van der Waals surface area contributed by atoms with Crippen LogP contribution in [0.2, 0.25) is 0 Å². The first kappa shape index (κ1) is 12.8. The van der Waals surface area contributed by atoms with Crippen LogP contribution in [0.4, 0.5) is 0 Å². The van der Waals surface area contributed by atoms with Crippen LogP contribution in [-0.2, 0) is 4.79 Å². The third-order valence-corrected chi connectivity index (χ3v) is 2.01. The zero-order valence-corrected chi connectivity index (χ0v) is 8.62. The number of aliphatic hydroxyl groups excluding tert-OH is 1. The average Bonchev–Trinajstić information content (AvgIpc) is 2.24. The Bertz CT molecular complexity index is 444. The van der Waals surface area contributed by atoms with E-state index in [0.29, 0.717) is 0 Å². The first-order chi connectivity index (χ1) is 7.95. The van der Waals surface area contributed by atoms with Crippen LogP contribution in [0, 0.1) is 0 Å². The number of benzene rings is 1. The van der Waals surface area contributed by atoms with Crippen LogP contribution in [0.3, 0.4) is 0 Å². The zero-order chi connectivity index (χ0) is 13.0. The smallest absolute Gasteiger partial charge is 0.328 e. The predicted octanol–water partition coefficient (Wildman–Crippen LogP) is -0.727. The standard InChI is InChI=1S/C10H11NO6/c12-4-7(10(16)17)11-9(15)6-2-1-5(13)3-8(6)14/h1-3,7,12-14H,4H2,(H,11,15)(H,16,17)/t7-/m0/s1. The number of hydrogen-bond acceptors (Lipinski definition) is 5. The van der Waals surface area contributed by atoms with Crippen molar-refractivity contribution in [3.63, 3.8) is 0 Å². The fourth-order valence-corrected chi connectivity index (χ4v) is 1.13. The van der Waals surface area contributed by atoms with Crippen LogP contribution in [0.15, 0.2) is 18.2 Å². The normalized spacial score (nSPS) is 11.8. The molecule has 0 aliphatic rings. The van der Waals surface area contributed by atoms with Crippen LogP contribution in [0.5, 0.6) is 11.5 Å². The van der Waals surface area contributed by atoms with Crippen molar-refractivity contribution in [3.8, 4) is 11.5 Å². The molecule has 92 valence electrons. The van der Waals surface area contributed by atoms with Gasteiger partial charge in [-0.15, -0.1) is 0 Å². The number of nitrogens with one attached hydrogen (secondary N) is 1. The lowest BCUT2D eigenvalue weighted by Gasteiger charge is -2.12. The van der Waals surface area contributed by atoms with Gasteiger partial charge in [-0.3, -0.25) is 4.79 Å². The first-order valence-corrected chi connectivity index (χ1v) is 4.62. The number of aliphatic hydroxyl groups is 1. The molecule has 0 spiro atoms. The van der Waals surface area contributed by atoms with Crippen LogP contribution in [0.1, 0.15) is 10.4 Å². The fraction of sp³-hybridized carbons (Fsp3) is 0.200. The quantitative estimate of drug-likeness (QED) is 0.473. The van der Waals surface area contributed by atoms with Gasteiger partial charge in [0.25, 0.3) is 5.91 Å². The molecular formula is C10H11NO6. The van der Waals surface area contributed by atoms with Crippen molar-refractivity contribution >= 4 is 11.9 Å². The van der Waals surface area contributed by atoms with Crippen molar-refractivity contribution in [2.45, 2.75) is 6.04 Å². The molecule has 5 N–H and O–H groups in total. The van der Waals surface area contributed by atoms with Crippen molar-refractivity contribution in [1.82, 2.24) is 5.32 Å². The van der Waals surface area contributed by atoms with Crippen LogP contribution < -0.4 is 5.32 Å². The van der Waals surface area contributed by atoms with E-state index in [1.165, 1.54) is 6.07 Å². The Morgan fingerprint density at radius 3 is 2.41 bits per heavy atom. The molecule has 0 bridgehead atoms. The Morgan fingerprint density at radius 2 is 1.94 bits per heavy atom. The summed E-state index contributed by atoms with van der Waals surface area (Å²) in [4.78, 5) is 22.1. The fourth-order valence-electron chi connectivity index (χ4n) is 1.13. The number of rotatable bonds is 4. The second-order valence-corrected chi connectivity index (χ2v) is 3.25. The minimum atomic E-state index is -1.45. The van der Waals surface area contributed by atoms with E-state index in [1.54, 1.807) is 0 Å². The molecule has 1 atom stereocenters. The molecule has 0 unspecified atom stereocenters. The highest BCUT2D eigenvalue weighted by molar-refractivity contribution is 5.99. The molecule has 0 aliphatic carbocycles. The molecule has 0 radical (unpaired) electrons. The molecule has 1 rings (SSSR count). The molecule has 0 fully saturated rings. The second kappa shape index (κ2) is 5.17. The number of carbonyl (C=O) groups excluding carboxylic acids is 1. The minimum absolute atomic E-state index is 0.192. The van der Waals surface area contributed by atoms with E-state index in [4.69, 9.17) is 15.3 Å². The maximum Gasteiger partial charge on any atom is 0.328 e. The van der Waals surface area contributed by atoms with E-state index in [0.717, 1.165) is 12.1 Å². The van der Waals surface area contributed by atoms with Crippen molar-refractivity contribution in [2.75, 3.05) is 6.61 Å². The molecule has 0 saturated heterocycles. The largest absolute Gasteiger partial charge is 0.508 e. The summed E-state index contributed by atoms with van der Waals surface area (Å²) in [6.07, 6.45) is 0. The van der Waals surface area contributed by atoms with Gasteiger partial charge in [0.2, 0.25) is 0 Å². The SMILES string of the molecule is O=C(N[C@@H](CO)C(=O)O)c1ccc(O)cc1O. The van der Waals surface area contributed by atoms with Gasteiger partial charge in [-0.1, -0.05) is 0 Å². The molecule has 17 heavy (non-hydrogen) atoms. The number of carbonyl (C=O) groups is 2. The summed E-state index contributed by atoms with van der Waals surface area (Å²) in [6, 6.07) is 1.80. The molecule has 7 heteroatoms. The molecule has 0 aromatic heterocycles. The summed E-state index contributed by atoms with van der Waals surface area (Å²) in [7, 11) is 0. The van der Waals surface area contributed by atoms with Gasteiger partial charge in [0.1, 0.15) is 11.5 Å². The summed E-state index contributed by atoms with van der Waals surface area (Å²) in [5.74, 6) is -2.95. The van der Waals surface area contributed by atoms with E-state index in [1.807, 2.05) is 5.32 Å². The Kier molecular flexibility index (Phi) is 3.89. The first-order valence-electron chi connectivity index (χ1n) is 4.62. The van der Waals surface area contributed by atoms with E-state index in [2.05, 4.69) is 0 Å². The lowest BCUT2D eigenvalue weighted by Crippen LogP contribution is -2.43. The maximum absolute atomic E-state index is 11.5. The van der Waals surface area contributed by atoms with Crippen LogP contribution in [-0.4, -0.2) is 45.0 Å². The molecule has 0 saturated carbocycles. The number of phenolic OH excluding ortho intramolecular Hbond substituents is 2. The highest BCUT2D eigenvalue weighted by atomic mass is 16.4. The second-order valence-electron chi connectivity index (χ2n) is 3.25. The summed E-state index contributed by atoms with van der Waals surface area (Å²) in [5.41, 5.74) is -0.192. The molecular weight excluding hydrogens is 230 g/mol. The Hall–Kier alpha value is -2.28. The minimum Gasteiger partial charge on any atom is -0.508 e. The number of hydrogen-bond donors (Lipinski definition) is 5. The lowest BCUT2D eigenvalue weighted by molar-refractivity contribution is -0.140. The Balaban J connectivity index is 2.86. The van der Waals surface area contributed by atoms with E-state index in [-0.39, 0.29) is 11.3 Å². The topological polar surface area (TPSA) is 127 Å². The molecule has 0 heterocycles. The summed E-state index contributed by atoms with van der Waals surface area (Å²) >= 11 is 0. The number of aliphatic carboxylic acids is 1. The van der Waals surface area contributed by atoms with Crippen molar-refractivity contribution < 1.29 is 30.0 Å². The van der Waals surface area contributed by atoms with Crippen LogP contribution >= 0.6 is 0 Å². The number of carboxylic acid groups (broad SMARTS) is 1. The lowest BCUT2D eigenvalue weighted by atomic mass is 10.1. The van der Waals surface area contributed by atoms with Gasteiger partial charge in [-0.05, 0) is 12.1 Å². The third-order valence-electron chi connectivity index (χ3n) is 2.01. The Labute approximate surface area is 95.9 Å². The van der Waals surface area contributed by atoms with Crippen molar-refractivity contribution in [2.24, 2.45) is 0 Å². The summed E-state index contributed by atoms with van der Waals surface area (Å²) < 4.78 is 0. The van der Waals surface area contributed by atoms with Crippen LogP contribution in [0.25, 0.3) is 0 Å². The van der Waals surface area contributed by atoms with Gasteiger partial charge in [0.15, 0.2) is 6.04 Å². The zero-order valence-electron chi connectivity index (χ0n) is 8.62. The van der Waals surface area contributed by atoms with Crippen molar-refractivity contribution in [1.29, 1.82) is 0 Å². The predicted molar refractivity (Wildman–Crippen MR) is 55.7 cm³/mol. The average molecular weight is 241 g/mol. The number of phenols is 2. The Morgan fingerprint density at radius 1 is 1.29 bits per heavy atom. The van der Waals surface area contributed by atoms with E-state index < -0.39 is 30.3 Å². The number of carboxylic acids is 1. The number of aromatic hydroxyl groups is 2. The third kappa shape index (κ3) is 3.08. The van der Waals surface area contributed by atoms with Gasteiger partial charge >= 0.3 is 5.97 Å². The van der Waals surface area contributed by atoms with E-state index >= 15 is 0 Å². The molecule has 1 amide bonds.